The van der Waals surface area contributed by atoms with E-state index in [2.05, 4.69) is 16.1 Å². The predicted octanol–water partition coefficient (Wildman–Crippen LogP) is 1.41. The molecule has 0 spiro atoms. The van der Waals surface area contributed by atoms with E-state index in [9.17, 15) is 0 Å². The van der Waals surface area contributed by atoms with Gasteiger partial charge in [0.25, 0.3) is 0 Å². The minimum Gasteiger partial charge on any atom is -0.396 e. The summed E-state index contributed by atoms with van der Waals surface area (Å²) in [6.07, 6.45) is 6.24. The topological polar surface area (TPSA) is 56.7 Å². The van der Waals surface area contributed by atoms with Gasteiger partial charge >= 0.3 is 0 Å². The van der Waals surface area contributed by atoms with E-state index in [0.29, 0.717) is 5.69 Å². The van der Waals surface area contributed by atoms with Gasteiger partial charge in [-0.05, 0) is 18.6 Å². The maximum Gasteiger partial charge on any atom is 0.0719 e. The Balaban J connectivity index is 1.96. The maximum atomic E-state index is 5.57. The van der Waals surface area contributed by atoms with Crippen LogP contribution in [0.25, 0.3) is 0 Å². The van der Waals surface area contributed by atoms with E-state index >= 15 is 0 Å². The number of hydrogen-bond acceptors (Lipinski definition) is 3. The molecular weight excluding hydrogens is 188 g/mol. The fourth-order valence-electron chi connectivity index (χ4n) is 1.38. The Hall–Kier alpha value is -1.84. The summed E-state index contributed by atoms with van der Waals surface area (Å²) in [5, 5.41) is 4.11. The lowest BCUT2D eigenvalue weighted by Gasteiger charge is -2.01. The molecule has 2 N–H and O–H groups in total. The number of aromatic nitrogens is 3. The molecule has 0 atom stereocenters. The first-order valence-electron chi connectivity index (χ1n) is 4.93. The molecule has 0 aliphatic rings. The summed E-state index contributed by atoms with van der Waals surface area (Å²) >= 11 is 0. The molecule has 4 nitrogen and oxygen atoms in total. The maximum absolute atomic E-state index is 5.57. The van der Waals surface area contributed by atoms with Crippen molar-refractivity contribution in [1.29, 1.82) is 0 Å². The van der Waals surface area contributed by atoms with Crippen molar-refractivity contribution in [2.45, 2.75) is 19.9 Å². The first kappa shape index (κ1) is 9.71. The van der Waals surface area contributed by atoms with Gasteiger partial charge in [0.2, 0.25) is 0 Å². The molecule has 0 aliphatic heterocycles. The molecule has 0 aliphatic carbocycles. The van der Waals surface area contributed by atoms with Gasteiger partial charge in [-0.1, -0.05) is 6.07 Å². The van der Waals surface area contributed by atoms with Crippen LogP contribution in [-0.2, 0) is 13.0 Å². The number of aryl methyl sites for hydroxylation is 3. The molecule has 0 amide bonds. The highest BCUT2D eigenvalue weighted by atomic mass is 15.3. The van der Waals surface area contributed by atoms with Crippen molar-refractivity contribution in [2.75, 3.05) is 5.73 Å². The van der Waals surface area contributed by atoms with Gasteiger partial charge in [-0.3, -0.25) is 9.67 Å². The summed E-state index contributed by atoms with van der Waals surface area (Å²) in [4.78, 5) is 4.33. The molecule has 0 fully saturated rings. The zero-order valence-electron chi connectivity index (χ0n) is 8.72. The Bertz CT molecular complexity index is 430. The van der Waals surface area contributed by atoms with Gasteiger partial charge < -0.3 is 5.73 Å². The summed E-state index contributed by atoms with van der Waals surface area (Å²) in [5.41, 5.74) is 8.53. The lowest BCUT2D eigenvalue weighted by Crippen LogP contribution is -2.02. The quantitative estimate of drug-likeness (QED) is 0.818. The highest BCUT2D eigenvalue weighted by molar-refractivity contribution is 5.30. The van der Waals surface area contributed by atoms with E-state index in [0.717, 1.165) is 18.7 Å². The largest absolute Gasteiger partial charge is 0.396 e. The molecule has 78 valence electrons. The van der Waals surface area contributed by atoms with E-state index in [-0.39, 0.29) is 0 Å². The average molecular weight is 202 g/mol. The Morgan fingerprint density at radius 1 is 1.33 bits per heavy atom. The summed E-state index contributed by atoms with van der Waals surface area (Å²) in [6.45, 7) is 2.85. The standard InChI is InChI=1S/C11H14N4/c1-9-2-3-11(13-6-9)4-5-15-8-10(12)7-14-15/h2-3,6-8H,4-5,12H2,1H3. The summed E-state index contributed by atoms with van der Waals surface area (Å²) in [6, 6.07) is 4.11. The van der Waals surface area contributed by atoms with Crippen LogP contribution in [0.2, 0.25) is 0 Å². The zero-order chi connectivity index (χ0) is 10.7. The van der Waals surface area contributed by atoms with Crippen molar-refractivity contribution >= 4 is 5.69 Å². The highest BCUT2D eigenvalue weighted by Gasteiger charge is 1.97. The molecule has 2 aromatic heterocycles. The summed E-state index contributed by atoms with van der Waals surface area (Å²) in [5.74, 6) is 0. The Morgan fingerprint density at radius 2 is 2.20 bits per heavy atom. The Kier molecular flexibility index (Phi) is 2.67. The highest BCUT2D eigenvalue weighted by Crippen LogP contribution is 2.02. The second kappa shape index (κ2) is 4.13. The predicted molar refractivity (Wildman–Crippen MR) is 59.3 cm³/mol. The van der Waals surface area contributed by atoms with E-state index in [1.165, 1.54) is 5.56 Å². The van der Waals surface area contributed by atoms with Crippen LogP contribution in [0.5, 0.6) is 0 Å². The number of nitrogens with zero attached hydrogens (tertiary/aromatic N) is 3. The lowest BCUT2D eigenvalue weighted by atomic mass is 10.2. The van der Waals surface area contributed by atoms with Crippen molar-refractivity contribution in [2.24, 2.45) is 0 Å². The van der Waals surface area contributed by atoms with Gasteiger partial charge in [0, 0.05) is 31.1 Å². The van der Waals surface area contributed by atoms with Gasteiger partial charge in [-0.2, -0.15) is 5.10 Å². The summed E-state index contributed by atoms with van der Waals surface area (Å²) < 4.78 is 1.83. The van der Waals surface area contributed by atoms with Gasteiger partial charge in [0.1, 0.15) is 0 Å². The van der Waals surface area contributed by atoms with Crippen molar-refractivity contribution in [3.63, 3.8) is 0 Å². The van der Waals surface area contributed by atoms with Crippen LogP contribution in [0.1, 0.15) is 11.3 Å². The second-order valence-corrected chi connectivity index (χ2v) is 3.61. The van der Waals surface area contributed by atoms with E-state index in [4.69, 9.17) is 5.73 Å². The third kappa shape index (κ3) is 2.56. The molecular formula is C11H14N4. The number of hydrogen-bond donors (Lipinski definition) is 1. The Morgan fingerprint density at radius 3 is 2.80 bits per heavy atom. The molecule has 0 bridgehead atoms. The monoisotopic (exact) mass is 202 g/mol. The molecule has 2 rings (SSSR count). The van der Waals surface area contributed by atoms with Crippen LogP contribution >= 0.6 is 0 Å². The second-order valence-electron chi connectivity index (χ2n) is 3.61. The third-order valence-electron chi connectivity index (χ3n) is 2.22. The third-order valence-corrected chi connectivity index (χ3v) is 2.22. The molecule has 2 heterocycles. The first-order valence-corrected chi connectivity index (χ1v) is 4.93. The molecule has 0 saturated carbocycles. The SMILES string of the molecule is Cc1ccc(CCn2cc(N)cn2)nc1. The number of nitrogens with two attached hydrogens (primary N) is 1. The number of nitrogen functional groups attached to an aromatic ring is 1. The molecule has 4 heteroatoms. The van der Waals surface area contributed by atoms with Crippen LogP contribution in [0.4, 0.5) is 5.69 Å². The van der Waals surface area contributed by atoms with Crippen molar-refractivity contribution in [3.8, 4) is 0 Å². The number of pyridine rings is 1. The molecule has 0 saturated heterocycles. The smallest absolute Gasteiger partial charge is 0.0719 e. The van der Waals surface area contributed by atoms with Crippen molar-refractivity contribution in [1.82, 2.24) is 14.8 Å². The molecule has 0 unspecified atom stereocenters. The van der Waals surface area contributed by atoms with Crippen molar-refractivity contribution in [3.05, 3.63) is 42.0 Å². The van der Waals surface area contributed by atoms with E-state index in [1.54, 1.807) is 6.20 Å². The van der Waals surface area contributed by atoms with Gasteiger partial charge in [0.15, 0.2) is 0 Å². The van der Waals surface area contributed by atoms with Crippen LogP contribution in [-0.4, -0.2) is 14.8 Å². The molecule has 15 heavy (non-hydrogen) atoms. The lowest BCUT2D eigenvalue weighted by molar-refractivity contribution is 0.608. The minimum atomic E-state index is 0.701. The summed E-state index contributed by atoms with van der Waals surface area (Å²) in [7, 11) is 0. The number of anilines is 1. The fourth-order valence-corrected chi connectivity index (χ4v) is 1.38. The van der Waals surface area contributed by atoms with Crippen LogP contribution in [0, 0.1) is 6.92 Å². The number of rotatable bonds is 3. The normalized spacial score (nSPS) is 10.5. The van der Waals surface area contributed by atoms with Gasteiger partial charge in [0.05, 0.1) is 11.9 Å². The van der Waals surface area contributed by atoms with Gasteiger partial charge in [-0.15, -0.1) is 0 Å². The molecule has 2 aromatic rings. The average Bonchev–Trinajstić information content (AvgIpc) is 2.64. The van der Waals surface area contributed by atoms with E-state index < -0.39 is 0 Å². The van der Waals surface area contributed by atoms with E-state index in [1.807, 2.05) is 30.1 Å². The van der Waals surface area contributed by atoms with Crippen LogP contribution < -0.4 is 5.73 Å². The van der Waals surface area contributed by atoms with Crippen molar-refractivity contribution < 1.29 is 0 Å². The minimum absolute atomic E-state index is 0.701. The molecule has 0 aromatic carbocycles. The van der Waals surface area contributed by atoms with Gasteiger partial charge in [-0.25, -0.2) is 0 Å². The first-order chi connectivity index (χ1) is 7.24. The Labute approximate surface area is 88.8 Å². The zero-order valence-corrected chi connectivity index (χ0v) is 8.72. The fraction of sp³-hybridized carbons (Fsp3) is 0.273. The van der Waals surface area contributed by atoms with Crippen LogP contribution in [0.3, 0.4) is 0 Å². The van der Waals surface area contributed by atoms with Crippen LogP contribution in [0.15, 0.2) is 30.7 Å². The molecule has 0 radical (unpaired) electrons.